The van der Waals surface area contributed by atoms with E-state index in [0.29, 0.717) is 0 Å². The maximum atomic E-state index is 11.2. The Labute approximate surface area is 76.6 Å². The molecule has 0 spiro atoms. The van der Waals surface area contributed by atoms with Crippen LogP contribution in [-0.2, 0) is 19.3 Å². The third kappa shape index (κ3) is 3.35. The van der Waals surface area contributed by atoms with Gasteiger partial charge >= 0.3 is 17.9 Å². The topological polar surface area (TPSA) is 121 Å². The van der Waals surface area contributed by atoms with Crippen LogP contribution in [0.15, 0.2) is 0 Å². The van der Waals surface area contributed by atoms with Crippen LogP contribution < -0.4 is 0 Å². The minimum atomic E-state index is -2.85. The summed E-state index contributed by atoms with van der Waals surface area (Å²) in [5, 5.41) is 25.7. The van der Waals surface area contributed by atoms with E-state index in [9.17, 15) is 18.9 Å². The molecule has 1 atom stereocenters. The van der Waals surface area contributed by atoms with Crippen LogP contribution >= 0.6 is 0 Å². The largest absolute Gasteiger partial charge is 0.481 e. The van der Waals surface area contributed by atoms with Crippen LogP contribution in [-0.4, -0.2) is 38.8 Å². The molecule has 0 saturated carbocycles. The highest BCUT2D eigenvalue weighted by molar-refractivity contribution is 5.88. The molecule has 0 rings (SSSR count). The van der Waals surface area contributed by atoms with Gasteiger partial charge in [0.2, 0.25) is 0 Å². The number of carbonyl (C=O) groups is 3. The van der Waals surface area contributed by atoms with Gasteiger partial charge in [0.1, 0.15) is 0 Å². The second-order valence-corrected chi connectivity index (χ2v) is 2.53. The van der Waals surface area contributed by atoms with Crippen LogP contribution in [0.25, 0.3) is 0 Å². The maximum absolute atomic E-state index is 11.2. The molecule has 0 aromatic carbocycles. The number of halogens is 1. The monoisotopic (exact) mass is 210 g/mol. The lowest BCUT2D eigenvalue weighted by atomic mass is 9.96. The first kappa shape index (κ1) is 12.3. The van der Waals surface area contributed by atoms with E-state index < -0.39 is 36.4 Å². The molecule has 8 heteroatoms. The minimum Gasteiger partial charge on any atom is -0.481 e. The molecule has 0 aromatic rings. The lowest BCUT2D eigenvalue weighted by Crippen LogP contribution is -2.42. The highest BCUT2D eigenvalue weighted by atomic mass is 19.3. The molecule has 0 radical (unpaired) electrons. The molecule has 1 unspecified atom stereocenters. The molecule has 0 heterocycles. The van der Waals surface area contributed by atoms with Crippen molar-refractivity contribution in [3.8, 4) is 0 Å². The summed E-state index contributed by atoms with van der Waals surface area (Å²) in [7, 11) is 0. The summed E-state index contributed by atoms with van der Waals surface area (Å²) in [6.07, 6.45) is -2.50. The van der Waals surface area contributed by atoms with Crippen LogP contribution in [0, 0.1) is 0 Å². The van der Waals surface area contributed by atoms with Crippen molar-refractivity contribution in [3.63, 3.8) is 0 Å². The Morgan fingerprint density at radius 3 is 2.00 bits per heavy atom. The molecule has 0 bridgehead atoms. The Morgan fingerprint density at radius 2 is 1.71 bits per heavy atom. The number of rotatable bonds is 5. The second-order valence-electron chi connectivity index (χ2n) is 2.53. The predicted octanol–water partition coefficient (Wildman–Crippen LogP) is -0.905. The van der Waals surface area contributed by atoms with Gasteiger partial charge in [0.25, 0.3) is 0 Å². The predicted molar refractivity (Wildman–Crippen MR) is 36.7 cm³/mol. The SMILES string of the molecule is O=C(O)CC(O)(CC(=O)OF)C(=O)O. The van der Waals surface area contributed by atoms with Crippen LogP contribution in [0.2, 0.25) is 0 Å². The maximum Gasteiger partial charge on any atom is 0.352 e. The fourth-order valence-corrected chi connectivity index (χ4v) is 0.730. The van der Waals surface area contributed by atoms with Crippen molar-refractivity contribution >= 4 is 17.9 Å². The molecule has 3 N–H and O–H groups in total. The molecule has 0 fully saturated rings. The first-order valence-corrected chi connectivity index (χ1v) is 3.31. The molecular weight excluding hydrogens is 203 g/mol. The Bertz CT molecular complexity index is 263. The summed E-state index contributed by atoms with van der Waals surface area (Å²) < 4.78 is 11.2. The van der Waals surface area contributed by atoms with Gasteiger partial charge in [0, 0.05) is 4.53 Å². The van der Waals surface area contributed by atoms with Crippen molar-refractivity contribution in [2.45, 2.75) is 18.4 Å². The first-order valence-electron chi connectivity index (χ1n) is 3.31. The lowest BCUT2D eigenvalue weighted by molar-refractivity contribution is -0.193. The molecule has 0 aliphatic rings. The Balaban J connectivity index is 4.63. The number of carbonyl (C=O) groups excluding carboxylic acids is 1. The second kappa shape index (κ2) is 4.51. The van der Waals surface area contributed by atoms with E-state index in [-0.39, 0.29) is 0 Å². The molecule has 80 valence electrons. The summed E-state index contributed by atoms with van der Waals surface area (Å²) in [6.45, 7) is 0. The average molecular weight is 210 g/mol. The van der Waals surface area contributed by atoms with E-state index >= 15 is 0 Å². The molecule has 7 nitrogen and oxygen atoms in total. The lowest BCUT2D eigenvalue weighted by Gasteiger charge is -2.18. The number of carboxylic acids is 2. The molecular formula is C6H7FO7. The van der Waals surface area contributed by atoms with Crippen molar-refractivity contribution < 1.29 is 39.2 Å². The standard InChI is InChI=1S/C6H7FO7/c7-14-4(10)2-6(13,5(11)12)1-3(8)9/h13H,1-2H2,(H,8,9)(H,11,12). The zero-order valence-corrected chi connectivity index (χ0v) is 6.77. The molecule has 0 aliphatic heterocycles. The third-order valence-corrected chi connectivity index (χ3v) is 1.36. The number of hydrogen-bond donors (Lipinski definition) is 3. The summed E-state index contributed by atoms with van der Waals surface area (Å²) in [5.41, 5.74) is -2.85. The smallest absolute Gasteiger partial charge is 0.352 e. The van der Waals surface area contributed by atoms with Gasteiger partial charge in [-0.05, 0) is 0 Å². The van der Waals surface area contributed by atoms with Crippen LogP contribution in [0.1, 0.15) is 12.8 Å². The van der Waals surface area contributed by atoms with Crippen molar-refractivity contribution in [1.29, 1.82) is 0 Å². The van der Waals surface area contributed by atoms with E-state index in [1.807, 2.05) is 0 Å². The van der Waals surface area contributed by atoms with Crippen LogP contribution in [0.3, 0.4) is 0 Å². The van der Waals surface area contributed by atoms with Gasteiger partial charge in [-0.25, -0.2) is 9.59 Å². The van der Waals surface area contributed by atoms with Crippen LogP contribution in [0.5, 0.6) is 0 Å². The van der Waals surface area contributed by atoms with Crippen LogP contribution in [0.4, 0.5) is 4.53 Å². The molecule has 0 aliphatic carbocycles. The average Bonchev–Trinajstić information content (AvgIpc) is 2.02. The van der Waals surface area contributed by atoms with Gasteiger partial charge in [0.15, 0.2) is 5.60 Å². The number of hydrogen-bond acceptors (Lipinski definition) is 5. The fourth-order valence-electron chi connectivity index (χ4n) is 0.730. The molecule has 0 aromatic heterocycles. The van der Waals surface area contributed by atoms with Gasteiger partial charge in [-0.2, -0.15) is 0 Å². The van der Waals surface area contributed by atoms with E-state index in [4.69, 9.17) is 15.3 Å². The normalized spacial score (nSPS) is 14.1. The number of aliphatic hydroxyl groups is 1. The first-order chi connectivity index (χ1) is 6.31. The Hall–Kier alpha value is -1.70. The summed E-state index contributed by atoms with van der Waals surface area (Å²) in [6, 6.07) is 0. The highest BCUT2D eigenvalue weighted by Crippen LogP contribution is 2.16. The molecule has 0 saturated heterocycles. The van der Waals surface area contributed by atoms with E-state index in [2.05, 4.69) is 4.94 Å². The van der Waals surface area contributed by atoms with Crippen molar-refractivity contribution in [2.75, 3.05) is 0 Å². The zero-order chi connectivity index (χ0) is 11.4. The van der Waals surface area contributed by atoms with Gasteiger partial charge in [-0.15, -0.1) is 0 Å². The van der Waals surface area contributed by atoms with E-state index in [1.54, 1.807) is 0 Å². The van der Waals surface area contributed by atoms with E-state index in [0.717, 1.165) is 0 Å². The van der Waals surface area contributed by atoms with Gasteiger partial charge in [0.05, 0.1) is 12.8 Å². The zero-order valence-electron chi connectivity index (χ0n) is 6.77. The van der Waals surface area contributed by atoms with Crippen molar-refractivity contribution in [3.05, 3.63) is 0 Å². The van der Waals surface area contributed by atoms with Gasteiger partial charge < -0.3 is 15.3 Å². The fraction of sp³-hybridized carbons (Fsp3) is 0.500. The summed E-state index contributed by atoms with van der Waals surface area (Å²) in [4.78, 5) is 33.4. The Kier molecular flexibility index (Phi) is 3.96. The summed E-state index contributed by atoms with van der Waals surface area (Å²) in [5.74, 6) is -5.23. The molecule has 0 amide bonds. The highest BCUT2D eigenvalue weighted by Gasteiger charge is 2.41. The van der Waals surface area contributed by atoms with E-state index in [1.165, 1.54) is 0 Å². The summed E-state index contributed by atoms with van der Waals surface area (Å²) >= 11 is 0. The van der Waals surface area contributed by atoms with Crippen molar-refractivity contribution in [1.82, 2.24) is 0 Å². The number of aliphatic carboxylic acids is 2. The van der Waals surface area contributed by atoms with Gasteiger partial charge in [-0.3, -0.25) is 9.74 Å². The Morgan fingerprint density at radius 1 is 1.21 bits per heavy atom. The third-order valence-electron chi connectivity index (χ3n) is 1.36. The van der Waals surface area contributed by atoms with Crippen molar-refractivity contribution in [2.24, 2.45) is 0 Å². The quantitative estimate of drug-likeness (QED) is 0.537. The molecule has 14 heavy (non-hydrogen) atoms. The number of carboxylic acid groups (broad SMARTS) is 2. The minimum absolute atomic E-state index is 1.22. The van der Waals surface area contributed by atoms with Gasteiger partial charge in [-0.1, -0.05) is 0 Å².